The van der Waals surface area contributed by atoms with Crippen molar-refractivity contribution >= 4 is 17.4 Å². The van der Waals surface area contributed by atoms with Gasteiger partial charge in [0.2, 0.25) is 5.91 Å². The SMILES string of the molecule is COc1cccc(CCN2CCC(CCC(=O)c3cc4c5c(c3)CC(=O)N5CCC4)CC2)c1. The van der Waals surface area contributed by atoms with E-state index >= 15 is 0 Å². The lowest BCUT2D eigenvalue weighted by atomic mass is 9.89. The summed E-state index contributed by atoms with van der Waals surface area (Å²) in [4.78, 5) is 29.7. The summed E-state index contributed by atoms with van der Waals surface area (Å²) in [5, 5.41) is 0. The molecule has 1 fully saturated rings. The van der Waals surface area contributed by atoms with Crippen LogP contribution >= 0.6 is 0 Å². The van der Waals surface area contributed by atoms with Crippen LogP contribution in [0.3, 0.4) is 0 Å². The highest BCUT2D eigenvalue weighted by Crippen LogP contribution is 2.38. The summed E-state index contributed by atoms with van der Waals surface area (Å²) in [7, 11) is 1.71. The Bertz CT molecular complexity index is 1040. The summed E-state index contributed by atoms with van der Waals surface area (Å²) in [6, 6.07) is 12.4. The minimum Gasteiger partial charge on any atom is -0.497 e. The fourth-order valence-electron chi connectivity index (χ4n) is 5.73. The standard InChI is InChI=1S/C28H34N2O3/c1-33-25-6-2-4-21(16-25)11-15-29-13-9-20(10-14-29)7-8-26(31)23-17-22-5-3-12-30-27(32)19-24(18-23)28(22)30/h2,4,6,16-18,20H,3,5,7-15,19H2,1H3. The number of likely N-dealkylation sites (tertiary alicyclic amines) is 1. The van der Waals surface area contributed by atoms with Gasteiger partial charge in [0.25, 0.3) is 0 Å². The topological polar surface area (TPSA) is 49.9 Å². The molecule has 5 heteroatoms. The fraction of sp³-hybridized carbons (Fsp3) is 0.500. The molecular weight excluding hydrogens is 412 g/mol. The maximum absolute atomic E-state index is 13.0. The Balaban J connectivity index is 1.10. The van der Waals surface area contributed by atoms with Crippen LogP contribution in [0.5, 0.6) is 5.75 Å². The van der Waals surface area contributed by atoms with Gasteiger partial charge in [0.1, 0.15) is 5.75 Å². The van der Waals surface area contributed by atoms with Gasteiger partial charge in [-0.25, -0.2) is 0 Å². The van der Waals surface area contributed by atoms with E-state index < -0.39 is 0 Å². The molecule has 2 aromatic rings. The molecule has 0 saturated carbocycles. The number of carbonyl (C=O) groups is 2. The lowest BCUT2D eigenvalue weighted by Gasteiger charge is -2.32. The Morgan fingerprint density at radius 1 is 1.09 bits per heavy atom. The van der Waals surface area contributed by atoms with Crippen molar-refractivity contribution in [2.75, 3.05) is 38.2 Å². The highest BCUT2D eigenvalue weighted by Gasteiger charge is 2.33. The van der Waals surface area contributed by atoms with Crippen molar-refractivity contribution in [2.45, 2.75) is 51.4 Å². The molecule has 0 bridgehead atoms. The number of methoxy groups -OCH3 is 1. The van der Waals surface area contributed by atoms with E-state index in [9.17, 15) is 9.59 Å². The van der Waals surface area contributed by atoms with Gasteiger partial charge in [0.15, 0.2) is 5.78 Å². The lowest BCUT2D eigenvalue weighted by molar-refractivity contribution is -0.117. The van der Waals surface area contributed by atoms with E-state index in [1.54, 1.807) is 7.11 Å². The minimum atomic E-state index is 0.189. The van der Waals surface area contributed by atoms with Gasteiger partial charge in [0.05, 0.1) is 19.2 Å². The van der Waals surface area contributed by atoms with Gasteiger partial charge in [-0.15, -0.1) is 0 Å². The molecule has 5 nitrogen and oxygen atoms in total. The summed E-state index contributed by atoms with van der Waals surface area (Å²) in [6.45, 7) is 4.13. The second-order valence-electron chi connectivity index (χ2n) is 9.82. The van der Waals surface area contributed by atoms with Gasteiger partial charge in [-0.1, -0.05) is 12.1 Å². The maximum Gasteiger partial charge on any atom is 0.231 e. The highest BCUT2D eigenvalue weighted by molar-refractivity contribution is 6.05. The Labute approximate surface area is 196 Å². The number of anilines is 1. The maximum atomic E-state index is 13.0. The molecule has 3 heterocycles. The molecule has 5 rings (SSSR count). The van der Waals surface area contributed by atoms with E-state index in [1.165, 1.54) is 24.0 Å². The van der Waals surface area contributed by atoms with Gasteiger partial charge >= 0.3 is 0 Å². The van der Waals surface area contributed by atoms with E-state index in [1.807, 2.05) is 17.0 Å². The van der Waals surface area contributed by atoms with Gasteiger partial charge < -0.3 is 14.5 Å². The predicted molar refractivity (Wildman–Crippen MR) is 130 cm³/mol. The fourth-order valence-corrected chi connectivity index (χ4v) is 5.73. The molecule has 0 aromatic heterocycles. The van der Waals surface area contributed by atoms with Gasteiger partial charge in [-0.3, -0.25) is 9.59 Å². The average molecular weight is 447 g/mol. The first-order valence-electron chi connectivity index (χ1n) is 12.5. The second-order valence-corrected chi connectivity index (χ2v) is 9.82. The third-order valence-corrected chi connectivity index (χ3v) is 7.67. The van der Waals surface area contributed by atoms with E-state index in [0.717, 1.165) is 74.4 Å². The van der Waals surface area contributed by atoms with Crippen LogP contribution in [0.15, 0.2) is 36.4 Å². The van der Waals surface area contributed by atoms with Crippen molar-refractivity contribution in [3.63, 3.8) is 0 Å². The summed E-state index contributed by atoms with van der Waals surface area (Å²) >= 11 is 0. The van der Waals surface area contributed by atoms with E-state index in [0.29, 0.717) is 18.8 Å². The highest BCUT2D eigenvalue weighted by atomic mass is 16.5. The molecule has 0 radical (unpaired) electrons. The number of hydrogen-bond donors (Lipinski definition) is 0. The average Bonchev–Trinajstić information content (AvgIpc) is 3.18. The summed E-state index contributed by atoms with van der Waals surface area (Å²) in [6.07, 6.45) is 7.39. The number of rotatable bonds is 8. The molecule has 1 saturated heterocycles. The molecule has 33 heavy (non-hydrogen) atoms. The zero-order valence-electron chi connectivity index (χ0n) is 19.6. The largest absolute Gasteiger partial charge is 0.497 e. The first-order chi connectivity index (χ1) is 16.1. The van der Waals surface area contributed by atoms with Crippen molar-refractivity contribution in [2.24, 2.45) is 5.92 Å². The van der Waals surface area contributed by atoms with Crippen molar-refractivity contribution in [3.8, 4) is 5.75 Å². The summed E-state index contributed by atoms with van der Waals surface area (Å²) < 4.78 is 5.33. The van der Waals surface area contributed by atoms with Crippen LogP contribution < -0.4 is 9.64 Å². The van der Waals surface area contributed by atoms with Crippen molar-refractivity contribution in [3.05, 3.63) is 58.7 Å². The molecule has 3 aliphatic heterocycles. The van der Waals surface area contributed by atoms with Crippen molar-refractivity contribution in [1.82, 2.24) is 4.90 Å². The molecule has 0 atom stereocenters. The molecule has 0 spiro atoms. The normalized spacial score (nSPS) is 18.5. The number of Topliss-reactive ketones (excluding diaryl/α,β-unsaturated/α-hetero) is 1. The molecule has 2 aromatic carbocycles. The number of amides is 1. The van der Waals surface area contributed by atoms with Gasteiger partial charge in [0, 0.05) is 25.1 Å². The van der Waals surface area contributed by atoms with Crippen LogP contribution in [0, 0.1) is 5.92 Å². The third kappa shape index (κ3) is 4.84. The molecule has 0 unspecified atom stereocenters. The molecule has 0 N–H and O–H groups in total. The van der Waals surface area contributed by atoms with Crippen LogP contribution in [-0.4, -0.2) is 49.9 Å². The van der Waals surface area contributed by atoms with Gasteiger partial charge in [-0.2, -0.15) is 0 Å². The first-order valence-corrected chi connectivity index (χ1v) is 12.5. The molecular formula is C28H34N2O3. The number of hydrogen-bond acceptors (Lipinski definition) is 4. The quantitative estimate of drug-likeness (QED) is 0.562. The zero-order valence-corrected chi connectivity index (χ0v) is 19.6. The molecule has 174 valence electrons. The first kappa shape index (κ1) is 22.1. The number of aryl methyl sites for hydroxylation is 1. The van der Waals surface area contributed by atoms with Crippen LogP contribution in [0.1, 0.15) is 59.2 Å². The summed E-state index contributed by atoms with van der Waals surface area (Å²) in [5.41, 5.74) is 5.49. The Kier molecular flexibility index (Phi) is 6.50. The molecule has 3 aliphatic rings. The smallest absolute Gasteiger partial charge is 0.231 e. The Morgan fingerprint density at radius 2 is 1.91 bits per heavy atom. The van der Waals surface area contributed by atoms with Crippen LogP contribution in [0.2, 0.25) is 0 Å². The van der Waals surface area contributed by atoms with Crippen LogP contribution in [0.25, 0.3) is 0 Å². The minimum absolute atomic E-state index is 0.189. The van der Waals surface area contributed by atoms with Gasteiger partial charge in [-0.05, 0) is 98.5 Å². The number of carbonyl (C=O) groups excluding carboxylic acids is 2. The van der Waals surface area contributed by atoms with E-state index in [2.05, 4.69) is 29.2 Å². The zero-order chi connectivity index (χ0) is 22.8. The van der Waals surface area contributed by atoms with E-state index in [4.69, 9.17) is 4.74 Å². The number of nitrogens with zero attached hydrogens (tertiary/aromatic N) is 2. The van der Waals surface area contributed by atoms with Crippen molar-refractivity contribution in [1.29, 1.82) is 0 Å². The molecule has 0 aliphatic carbocycles. The lowest BCUT2D eigenvalue weighted by Crippen LogP contribution is -2.35. The third-order valence-electron chi connectivity index (χ3n) is 7.67. The Hall–Kier alpha value is -2.66. The number of ketones is 1. The summed E-state index contributed by atoms with van der Waals surface area (Å²) in [5.74, 6) is 1.99. The number of benzene rings is 2. The van der Waals surface area contributed by atoms with Crippen molar-refractivity contribution < 1.29 is 14.3 Å². The second kappa shape index (κ2) is 9.68. The van der Waals surface area contributed by atoms with Crippen LogP contribution in [-0.2, 0) is 24.1 Å². The monoisotopic (exact) mass is 446 g/mol. The predicted octanol–water partition coefficient (Wildman–Crippen LogP) is 4.45. The molecule has 1 amide bonds. The Morgan fingerprint density at radius 3 is 2.73 bits per heavy atom. The number of ether oxygens (including phenoxy) is 1. The van der Waals surface area contributed by atoms with E-state index in [-0.39, 0.29) is 11.7 Å². The van der Waals surface area contributed by atoms with Crippen LogP contribution in [0.4, 0.5) is 5.69 Å². The number of piperidine rings is 1.